The van der Waals surface area contributed by atoms with Crippen molar-refractivity contribution in [3.8, 4) is 11.5 Å². The molecule has 0 aliphatic carbocycles. The molecule has 1 atom stereocenters. The molecule has 5 heteroatoms. The molecule has 0 radical (unpaired) electrons. The normalized spacial score (nSPS) is 22.6. The van der Waals surface area contributed by atoms with Crippen LogP contribution >= 0.6 is 0 Å². The topological polar surface area (TPSA) is 59.8 Å². The number of likely N-dealkylation sites (N-methyl/N-ethyl adjacent to an activating group) is 1. The molecule has 1 aromatic carbocycles. The van der Waals surface area contributed by atoms with Gasteiger partial charge in [0.15, 0.2) is 11.5 Å². The highest BCUT2D eigenvalue weighted by Crippen LogP contribution is 2.37. The van der Waals surface area contributed by atoms with Crippen molar-refractivity contribution in [3.05, 3.63) is 12.1 Å². The fourth-order valence-electron chi connectivity index (χ4n) is 2.89. The molecule has 5 nitrogen and oxygen atoms in total. The third-order valence-corrected chi connectivity index (χ3v) is 4.16. The maximum Gasteiger partial charge on any atom is 0.163 e. The second-order valence-corrected chi connectivity index (χ2v) is 5.59. The number of fused-ring (bicyclic) bond motifs is 1. The van der Waals surface area contributed by atoms with Crippen molar-refractivity contribution in [2.24, 2.45) is 0 Å². The number of nitrogens with one attached hydrogen (secondary N) is 1. The van der Waals surface area contributed by atoms with Gasteiger partial charge in [0.2, 0.25) is 0 Å². The lowest BCUT2D eigenvalue weighted by Gasteiger charge is -2.33. The fourth-order valence-corrected chi connectivity index (χ4v) is 2.89. The zero-order chi connectivity index (χ0) is 13.9. The van der Waals surface area contributed by atoms with Gasteiger partial charge in [0.25, 0.3) is 0 Å². The lowest BCUT2D eigenvalue weighted by Crippen LogP contribution is -2.40. The van der Waals surface area contributed by atoms with Crippen molar-refractivity contribution in [1.29, 1.82) is 0 Å². The summed E-state index contributed by atoms with van der Waals surface area (Å²) < 4.78 is 11.1. The maximum atomic E-state index is 6.08. The van der Waals surface area contributed by atoms with Crippen molar-refractivity contribution in [2.75, 3.05) is 44.4 Å². The second-order valence-electron chi connectivity index (χ2n) is 5.59. The molecule has 1 unspecified atom stereocenters. The molecule has 0 bridgehead atoms. The number of nitrogens with two attached hydrogens (primary N) is 1. The first-order chi connectivity index (χ1) is 9.74. The van der Waals surface area contributed by atoms with Crippen molar-refractivity contribution in [3.63, 3.8) is 0 Å². The number of rotatable bonds is 3. The van der Waals surface area contributed by atoms with Crippen molar-refractivity contribution >= 4 is 11.4 Å². The average Bonchev–Trinajstić information content (AvgIpc) is 2.46. The van der Waals surface area contributed by atoms with Crippen molar-refractivity contribution in [2.45, 2.75) is 25.3 Å². The minimum Gasteiger partial charge on any atom is -0.486 e. The molecule has 1 fully saturated rings. The Kier molecular flexibility index (Phi) is 3.87. The Balaban J connectivity index is 1.67. The Morgan fingerprint density at radius 2 is 2.00 bits per heavy atom. The number of piperidine rings is 1. The zero-order valence-corrected chi connectivity index (χ0v) is 12.0. The predicted octanol–water partition coefficient (Wildman–Crippen LogP) is 1.94. The predicted molar refractivity (Wildman–Crippen MR) is 80.6 cm³/mol. The molecule has 20 heavy (non-hydrogen) atoms. The highest BCUT2D eigenvalue weighted by Gasteiger charge is 2.20. The van der Waals surface area contributed by atoms with E-state index in [1.54, 1.807) is 0 Å². The van der Waals surface area contributed by atoms with Gasteiger partial charge in [-0.3, -0.25) is 0 Å². The van der Waals surface area contributed by atoms with E-state index < -0.39 is 0 Å². The Bertz CT molecular complexity index is 478. The quantitative estimate of drug-likeness (QED) is 0.827. The first-order valence-electron chi connectivity index (χ1n) is 7.37. The number of nitrogen functional groups attached to an aromatic ring is 1. The first-order valence-corrected chi connectivity index (χ1v) is 7.37. The van der Waals surface area contributed by atoms with Gasteiger partial charge in [-0.15, -0.1) is 0 Å². The van der Waals surface area contributed by atoms with Crippen LogP contribution in [-0.2, 0) is 0 Å². The van der Waals surface area contributed by atoms with E-state index in [9.17, 15) is 0 Å². The van der Waals surface area contributed by atoms with E-state index in [0.29, 0.717) is 24.9 Å². The number of nitrogens with zero attached hydrogens (tertiary/aromatic N) is 1. The Hall–Kier alpha value is -1.62. The number of hydrogen-bond acceptors (Lipinski definition) is 5. The van der Waals surface area contributed by atoms with Gasteiger partial charge in [-0.1, -0.05) is 6.42 Å². The molecule has 3 rings (SSSR count). The number of anilines is 2. The van der Waals surface area contributed by atoms with Crippen LogP contribution in [0.3, 0.4) is 0 Å². The average molecular weight is 277 g/mol. The summed E-state index contributed by atoms with van der Waals surface area (Å²) >= 11 is 0. The minimum atomic E-state index is 0.580. The van der Waals surface area contributed by atoms with Crippen LogP contribution in [0.25, 0.3) is 0 Å². The second kappa shape index (κ2) is 5.79. The number of hydrogen-bond donors (Lipinski definition) is 2. The van der Waals surface area contributed by atoms with Gasteiger partial charge in [0.05, 0.1) is 11.4 Å². The molecule has 2 heterocycles. The number of benzene rings is 1. The molecule has 0 saturated carbocycles. The smallest absolute Gasteiger partial charge is 0.163 e. The summed E-state index contributed by atoms with van der Waals surface area (Å²) in [4.78, 5) is 2.42. The Labute approximate surface area is 120 Å². The Morgan fingerprint density at radius 1 is 1.25 bits per heavy atom. The van der Waals surface area contributed by atoms with Crippen molar-refractivity contribution < 1.29 is 9.47 Å². The summed E-state index contributed by atoms with van der Waals surface area (Å²) in [5.41, 5.74) is 7.74. The molecule has 0 spiro atoms. The van der Waals surface area contributed by atoms with E-state index in [0.717, 1.165) is 23.7 Å². The minimum absolute atomic E-state index is 0.580. The van der Waals surface area contributed by atoms with Gasteiger partial charge >= 0.3 is 0 Å². The lowest BCUT2D eigenvalue weighted by molar-refractivity contribution is 0.172. The van der Waals surface area contributed by atoms with E-state index >= 15 is 0 Å². The van der Waals surface area contributed by atoms with Crippen LogP contribution in [0.5, 0.6) is 11.5 Å². The van der Waals surface area contributed by atoms with Gasteiger partial charge in [-0.25, -0.2) is 0 Å². The molecule has 0 aromatic heterocycles. The molecule has 1 aromatic rings. The fraction of sp³-hybridized carbons (Fsp3) is 0.600. The van der Waals surface area contributed by atoms with E-state index in [2.05, 4.69) is 17.3 Å². The van der Waals surface area contributed by atoms with Crippen LogP contribution in [0.15, 0.2) is 12.1 Å². The summed E-state index contributed by atoms with van der Waals surface area (Å²) in [5.74, 6) is 1.53. The lowest BCUT2D eigenvalue weighted by atomic mass is 10.0. The summed E-state index contributed by atoms with van der Waals surface area (Å²) in [7, 11) is 2.19. The van der Waals surface area contributed by atoms with Crippen LogP contribution in [0.2, 0.25) is 0 Å². The molecule has 2 aliphatic heterocycles. The standard InChI is InChI=1S/C15H23N3O2/c1-18-5-3-2-4-11(18)10-17-13-9-15-14(8-12(13)16)19-6-7-20-15/h8-9,11,17H,2-7,10,16H2,1H3. The first kappa shape index (κ1) is 13.4. The van der Waals surface area contributed by atoms with Crippen molar-refractivity contribution in [1.82, 2.24) is 4.90 Å². The number of likely N-dealkylation sites (tertiary alicyclic amines) is 1. The van der Waals surface area contributed by atoms with E-state index in [4.69, 9.17) is 15.2 Å². The van der Waals surface area contributed by atoms with Gasteiger partial charge in [0, 0.05) is 24.7 Å². The number of ether oxygens (including phenoxy) is 2. The third-order valence-electron chi connectivity index (χ3n) is 4.16. The van der Waals surface area contributed by atoms with E-state index in [1.165, 1.54) is 25.8 Å². The van der Waals surface area contributed by atoms with Gasteiger partial charge in [-0.05, 0) is 26.4 Å². The van der Waals surface area contributed by atoms with Gasteiger partial charge in [0.1, 0.15) is 13.2 Å². The highest BCUT2D eigenvalue weighted by molar-refractivity contribution is 5.72. The van der Waals surface area contributed by atoms with Gasteiger partial charge in [-0.2, -0.15) is 0 Å². The molecule has 0 amide bonds. The van der Waals surface area contributed by atoms with Crippen LogP contribution in [0.1, 0.15) is 19.3 Å². The monoisotopic (exact) mass is 277 g/mol. The van der Waals surface area contributed by atoms with Crippen LogP contribution in [0, 0.1) is 0 Å². The Morgan fingerprint density at radius 3 is 2.75 bits per heavy atom. The molecule has 3 N–H and O–H groups in total. The summed E-state index contributed by atoms with van der Waals surface area (Å²) in [5, 5.41) is 3.46. The maximum absolute atomic E-state index is 6.08. The van der Waals surface area contributed by atoms with Crippen LogP contribution < -0.4 is 20.5 Å². The molecule has 1 saturated heterocycles. The van der Waals surface area contributed by atoms with E-state index in [1.807, 2.05) is 12.1 Å². The third kappa shape index (κ3) is 2.77. The molecular formula is C15H23N3O2. The molecule has 2 aliphatic rings. The molecule has 110 valence electrons. The van der Waals surface area contributed by atoms with Gasteiger partial charge < -0.3 is 25.4 Å². The largest absolute Gasteiger partial charge is 0.486 e. The SMILES string of the molecule is CN1CCCCC1CNc1cc2c(cc1N)OCCO2. The van der Waals surface area contributed by atoms with E-state index in [-0.39, 0.29) is 0 Å². The highest BCUT2D eigenvalue weighted by atomic mass is 16.6. The van der Waals surface area contributed by atoms with Crippen LogP contribution in [-0.4, -0.2) is 44.3 Å². The zero-order valence-electron chi connectivity index (χ0n) is 12.0. The molecular weight excluding hydrogens is 254 g/mol. The summed E-state index contributed by atoms with van der Waals surface area (Å²) in [6.07, 6.45) is 3.86. The summed E-state index contributed by atoms with van der Waals surface area (Å²) in [6.45, 7) is 3.29. The summed E-state index contributed by atoms with van der Waals surface area (Å²) in [6, 6.07) is 4.38. The van der Waals surface area contributed by atoms with Crippen LogP contribution in [0.4, 0.5) is 11.4 Å².